The molecule has 1 aliphatic rings. The van der Waals surface area contributed by atoms with E-state index in [0.29, 0.717) is 17.7 Å². The van der Waals surface area contributed by atoms with Crippen molar-refractivity contribution in [3.63, 3.8) is 0 Å². The van der Waals surface area contributed by atoms with Gasteiger partial charge in [0.2, 0.25) is 5.91 Å². The first-order valence-electron chi connectivity index (χ1n) is 7.62. The zero-order valence-electron chi connectivity index (χ0n) is 12.6. The summed E-state index contributed by atoms with van der Waals surface area (Å²) in [5.41, 5.74) is 2.49. The molecular weight excluding hydrogens is 296 g/mol. The maximum atomic E-state index is 12.5. The lowest BCUT2D eigenvalue weighted by Crippen LogP contribution is -2.33. The number of rotatable bonds is 4. The van der Waals surface area contributed by atoms with Gasteiger partial charge in [0.1, 0.15) is 5.82 Å². The van der Waals surface area contributed by atoms with E-state index in [4.69, 9.17) is 12.2 Å². The van der Waals surface area contributed by atoms with E-state index in [9.17, 15) is 4.79 Å². The van der Waals surface area contributed by atoms with Crippen molar-refractivity contribution in [3.05, 3.63) is 46.0 Å². The highest BCUT2D eigenvalue weighted by atomic mass is 32.1. The normalized spacial score (nSPS) is 17.0. The van der Waals surface area contributed by atoms with Crippen molar-refractivity contribution in [3.8, 4) is 0 Å². The van der Waals surface area contributed by atoms with Crippen molar-refractivity contribution in [1.82, 2.24) is 20.1 Å². The monoisotopic (exact) mass is 316 g/mol. The second kappa shape index (κ2) is 6.44. The van der Waals surface area contributed by atoms with Gasteiger partial charge in [0, 0.05) is 20.0 Å². The summed E-state index contributed by atoms with van der Waals surface area (Å²) in [4.78, 5) is 12.5. The van der Waals surface area contributed by atoms with E-state index < -0.39 is 0 Å². The molecule has 5 nitrogen and oxygen atoms in total. The standard InChI is InChI=1S/C16H20N4OS/c1-20-14(18-19-16(20)22)9-10-17-15(21)13-8-4-6-11-5-2-3-7-12(11)13/h2-3,5,7,13H,4,6,8-10H2,1H3,(H,17,21)(H,19,22). The first-order chi connectivity index (χ1) is 10.7. The number of carbonyl (C=O) groups excluding carboxylic acids is 1. The second-order valence-corrected chi connectivity index (χ2v) is 6.08. The van der Waals surface area contributed by atoms with Crippen molar-refractivity contribution in [2.45, 2.75) is 31.6 Å². The van der Waals surface area contributed by atoms with Crippen molar-refractivity contribution in [2.75, 3.05) is 6.54 Å². The average Bonchev–Trinajstić information content (AvgIpc) is 2.86. The van der Waals surface area contributed by atoms with Gasteiger partial charge < -0.3 is 9.88 Å². The van der Waals surface area contributed by atoms with E-state index in [2.05, 4.69) is 27.6 Å². The van der Waals surface area contributed by atoms with Crippen molar-refractivity contribution >= 4 is 18.1 Å². The minimum atomic E-state index is -0.0209. The Morgan fingerprint density at radius 2 is 2.32 bits per heavy atom. The molecule has 0 spiro atoms. The number of carbonyl (C=O) groups is 1. The fourth-order valence-corrected chi connectivity index (χ4v) is 3.20. The SMILES string of the molecule is Cn1c(CCNC(=O)C2CCCc3ccccc32)n[nH]c1=S. The molecule has 0 saturated heterocycles. The third-order valence-electron chi connectivity index (χ3n) is 4.31. The molecule has 1 heterocycles. The minimum Gasteiger partial charge on any atom is -0.355 e. The smallest absolute Gasteiger partial charge is 0.227 e. The van der Waals surface area contributed by atoms with Crippen LogP contribution in [0.3, 0.4) is 0 Å². The number of hydrogen-bond acceptors (Lipinski definition) is 3. The van der Waals surface area contributed by atoms with Gasteiger partial charge in [-0.05, 0) is 42.6 Å². The molecule has 1 unspecified atom stereocenters. The number of fused-ring (bicyclic) bond motifs is 1. The molecule has 1 aromatic carbocycles. The van der Waals surface area contributed by atoms with Gasteiger partial charge in [-0.3, -0.25) is 9.89 Å². The molecule has 1 atom stereocenters. The van der Waals surface area contributed by atoms with Crippen LogP contribution in [0.5, 0.6) is 0 Å². The van der Waals surface area contributed by atoms with Crippen LogP contribution in [0.15, 0.2) is 24.3 Å². The van der Waals surface area contributed by atoms with Gasteiger partial charge in [0.15, 0.2) is 4.77 Å². The first kappa shape index (κ1) is 15.0. The Morgan fingerprint density at radius 3 is 3.09 bits per heavy atom. The molecule has 2 aromatic rings. The van der Waals surface area contributed by atoms with Gasteiger partial charge in [0.05, 0.1) is 5.92 Å². The maximum absolute atomic E-state index is 12.5. The lowest BCUT2D eigenvalue weighted by molar-refractivity contribution is -0.122. The molecule has 1 aliphatic carbocycles. The Balaban J connectivity index is 1.61. The van der Waals surface area contributed by atoms with Gasteiger partial charge in [-0.25, -0.2) is 0 Å². The molecule has 0 fully saturated rings. The topological polar surface area (TPSA) is 62.7 Å². The van der Waals surface area contributed by atoms with E-state index in [0.717, 1.165) is 25.1 Å². The van der Waals surface area contributed by atoms with E-state index >= 15 is 0 Å². The number of nitrogens with one attached hydrogen (secondary N) is 2. The van der Waals surface area contributed by atoms with Crippen molar-refractivity contribution in [2.24, 2.45) is 7.05 Å². The fraction of sp³-hybridized carbons (Fsp3) is 0.438. The van der Waals surface area contributed by atoms with Crippen LogP contribution < -0.4 is 5.32 Å². The van der Waals surface area contributed by atoms with Gasteiger partial charge in [-0.15, -0.1) is 0 Å². The number of nitrogens with zero attached hydrogens (tertiary/aromatic N) is 2. The van der Waals surface area contributed by atoms with Crippen LogP contribution in [0.1, 0.15) is 35.7 Å². The van der Waals surface area contributed by atoms with Crippen LogP contribution in [-0.2, 0) is 24.7 Å². The molecule has 6 heteroatoms. The number of aryl methyl sites for hydroxylation is 1. The van der Waals surface area contributed by atoms with E-state index in [1.165, 1.54) is 11.1 Å². The predicted molar refractivity (Wildman–Crippen MR) is 87.2 cm³/mol. The molecule has 0 aliphatic heterocycles. The van der Waals surface area contributed by atoms with Gasteiger partial charge in [0.25, 0.3) is 0 Å². The number of aromatic amines is 1. The van der Waals surface area contributed by atoms with Crippen LogP contribution >= 0.6 is 12.2 Å². The molecule has 22 heavy (non-hydrogen) atoms. The summed E-state index contributed by atoms with van der Waals surface area (Å²) in [5, 5.41) is 9.95. The minimum absolute atomic E-state index is 0.0209. The molecule has 0 radical (unpaired) electrons. The summed E-state index contributed by atoms with van der Waals surface area (Å²) in [6.45, 7) is 0.574. The zero-order valence-corrected chi connectivity index (χ0v) is 13.4. The maximum Gasteiger partial charge on any atom is 0.227 e. The largest absolute Gasteiger partial charge is 0.355 e. The Hall–Kier alpha value is -1.95. The lowest BCUT2D eigenvalue weighted by Gasteiger charge is -2.24. The van der Waals surface area contributed by atoms with Crippen LogP contribution in [0.25, 0.3) is 0 Å². The molecule has 3 rings (SSSR count). The molecule has 1 amide bonds. The quantitative estimate of drug-likeness (QED) is 0.851. The molecule has 0 bridgehead atoms. The van der Waals surface area contributed by atoms with Gasteiger partial charge >= 0.3 is 0 Å². The number of H-pyrrole nitrogens is 1. The summed E-state index contributed by atoms with van der Waals surface area (Å²) < 4.78 is 2.43. The number of benzene rings is 1. The van der Waals surface area contributed by atoms with Gasteiger partial charge in [-0.2, -0.15) is 5.10 Å². The highest BCUT2D eigenvalue weighted by molar-refractivity contribution is 7.71. The Kier molecular flexibility index (Phi) is 4.38. The summed E-state index contributed by atoms with van der Waals surface area (Å²) >= 11 is 5.08. The Labute approximate surface area is 134 Å². The third kappa shape index (κ3) is 2.97. The highest BCUT2D eigenvalue weighted by Crippen LogP contribution is 2.31. The fourth-order valence-electron chi connectivity index (χ4n) is 3.05. The van der Waals surface area contributed by atoms with E-state index in [-0.39, 0.29) is 11.8 Å². The summed E-state index contributed by atoms with van der Waals surface area (Å²) in [6.07, 6.45) is 3.74. The summed E-state index contributed by atoms with van der Waals surface area (Å²) in [7, 11) is 1.88. The summed E-state index contributed by atoms with van der Waals surface area (Å²) in [6, 6.07) is 8.27. The van der Waals surface area contributed by atoms with Crippen LogP contribution in [0.4, 0.5) is 0 Å². The molecule has 0 saturated carbocycles. The Bertz CT molecular complexity index is 734. The van der Waals surface area contributed by atoms with Crippen molar-refractivity contribution in [1.29, 1.82) is 0 Å². The number of hydrogen-bond donors (Lipinski definition) is 2. The number of aromatic nitrogens is 3. The number of amides is 1. The molecule has 116 valence electrons. The second-order valence-electron chi connectivity index (χ2n) is 5.69. The highest BCUT2D eigenvalue weighted by Gasteiger charge is 2.25. The van der Waals surface area contributed by atoms with E-state index in [1.54, 1.807) is 0 Å². The molecule has 1 aromatic heterocycles. The first-order valence-corrected chi connectivity index (χ1v) is 8.03. The third-order valence-corrected chi connectivity index (χ3v) is 4.67. The predicted octanol–water partition coefficient (Wildman–Crippen LogP) is 2.26. The molecule has 2 N–H and O–H groups in total. The van der Waals surface area contributed by atoms with Crippen LogP contribution in [-0.4, -0.2) is 27.2 Å². The summed E-state index contributed by atoms with van der Waals surface area (Å²) in [5.74, 6) is 0.950. The molecular formula is C16H20N4OS. The zero-order chi connectivity index (χ0) is 15.5. The van der Waals surface area contributed by atoms with E-state index in [1.807, 2.05) is 23.7 Å². The van der Waals surface area contributed by atoms with Crippen molar-refractivity contribution < 1.29 is 4.79 Å². The Morgan fingerprint density at radius 1 is 1.50 bits per heavy atom. The lowest BCUT2D eigenvalue weighted by atomic mass is 9.82. The average molecular weight is 316 g/mol. The van der Waals surface area contributed by atoms with Crippen LogP contribution in [0.2, 0.25) is 0 Å². The van der Waals surface area contributed by atoms with Crippen LogP contribution in [0, 0.1) is 4.77 Å². The van der Waals surface area contributed by atoms with Gasteiger partial charge in [-0.1, -0.05) is 24.3 Å².